The van der Waals surface area contributed by atoms with Crippen LogP contribution in [-0.4, -0.2) is 18.2 Å². The van der Waals surface area contributed by atoms with Crippen molar-refractivity contribution in [2.45, 2.75) is 11.1 Å². The Bertz CT molecular complexity index is 1110. The maximum absolute atomic E-state index is 13.4. The predicted octanol–water partition coefficient (Wildman–Crippen LogP) is 4.51. The highest BCUT2D eigenvalue weighted by molar-refractivity contribution is 7.89. The Kier molecular flexibility index (Phi) is 4.98. The van der Waals surface area contributed by atoms with Crippen molar-refractivity contribution in [3.8, 4) is 16.9 Å². The van der Waals surface area contributed by atoms with Gasteiger partial charge in [-0.25, -0.2) is 18.2 Å². The topological polar surface area (TPSA) is 78.0 Å². The molecule has 0 atom stereocenters. The Morgan fingerprint density at radius 1 is 0.963 bits per heavy atom. The largest absolute Gasteiger partial charge is 0.433 e. The van der Waals surface area contributed by atoms with Crippen molar-refractivity contribution in [3.63, 3.8) is 0 Å². The molecule has 11 heteroatoms. The van der Waals surface area contributed by atoms with E-state index in [4.69, 9.17) is 28.3 Å². The molecule has 0 unspecified atom stereocenters. The molecule has 0 aliphatic carbocycles. The first-order valence-corrected chi connectivity index (χ1v) is 9.53. The third-order valence-corrected chi connectivity index (χ3v) is 5.29. The molecule has 2 aromatic carbocycles. The fraction of sp³-hybridized carbons (Fsp3) is 0.0625. The maximum atomic E-state index is 13.4. The van der Waals surface area contributed by atoms with E-state index < -0.39 is 21.9 Å². The second-order valence-electron chi connectivity index (χ2n) is 5.49. The summed E-state index contributed by atoms with van der Waals surface area (Å²) in [5.74, 6) is 0. The van der Waals surface area contributed by atoms with Crippen molar-refractivity contribution < 1.29 is 21.6 Å². The van der Waals surface area contributed by atoms with E-state index >= 15 is 0 Å². The number of sulfonamides is 1. The fourth-order valence-corrected chi connectivity index (χ4v) is 3.16. The normalized spacial score (nSPS) is 12.4. The molecule has 0 aliphatic heterocycles. The average Bonchev–Trinajstić information content (AvgIpc) is 3.02. The van der Waals surface area contributed by atoms with Crippen LogP contribution in [0, 0.1) is 0 Å². The van der Waals surface area contributed by atoms with Crippen LogP contribution in [0.25, 0.3) is 16.9 Å². The molecule has 0 spiro atoms. The van der Waals surface area contributed by atoms with Crippen LogP contribution in [0.1, 0.15) is 5.69 Å². The monoisotopic (exact) mass is 435 g/mol. The van der Waals surface area contributed by atoms with Crippen LogP contribution in [0.15, 0.2) is 53.4 Å². The molecule has 1 aromatic heterocycles. The number of hydrogen-bond donors (Lipinski definition) is 1. The molecule has 0 radical (unpaired) electrons. The maximum Gasteiger partial charge on any atom is 0.433 e. The molecule has 3 aromatic rings. The number of rotatable bonds is 3. The number of nitrogens with two attached hydrogens (primary N) is 1. The molecule has 27 heavy (non-hydrogen) atoms. The smallest absolute Gasteiger partial charge is 0.228 e. The van der Waals surface area contributed by atoms with Gasteiger partial charge in [-0.05, 0) is 36.4 Å². The van der Waals surface area contributed by atoms with Gasteiger partial charge in [-0.1, -0.05) is 35.3 Å². The second-order valence-corrected chi connectivity index (χ2v) is 7.87. The molecule has 0 fully saturated rings. The number of halogens is 5. The van der Waals surface area contributed by atoms with Crippen molar-refractivity contribution in [2.24, 2.45) is 5.14 Å². The molecule has 0 aliphatic rings. The van der Waals surface area contributed by atoms with Gasteiger partial charge in [0.15, 0.2) is 0 Å². The summed E-state index contributed by atoms with van der Waals surface area (Å²) in [5, 5.41) is 9.28. The Hall–Kier alpha value is -2.07. The van der Waals surface area contributed by atoms with Gasteiger partial charge in [0, 0.05) is 5.56 Å². The van der Waals surface area contributed by atoms with E-state index in [1.54, 1.807) is 0 Å². The zero-order valence-electron chi connectivity index (χ0n) is 13.2. The standard InChI is InChI=1S/C16H10Cl2F3N3O2S/c17-12-6-3-10(7-13(12)18)24-15(16(19,20)21)8-14(23-24)9-1-4-11(5-2-9)27(22,25)26/h1-8H,(H2,22,25,26). The summed E-state index contributed by atoms with van der Waals surface area (Å²) in [7, 11) is -3.91. The van der Waals surface area contributed by atoms with Gasteiger partial charge < -0.3 is 0 Å². The molecule has 142 valence electrons. The van der Waals surface area contributed by atoms with E-state index in [1.807, 2.05) is 0 Å². The van der Waals surface area contributed by atoms with Crippen LogP contribution in [-0.2, 0) is 16.2 Å². The average molecular weight is 436 g/mol. The van der Waals surface area contributed by atoms with Gasteiger partial charge in [-0.15, -0.1) is 0 Å². The zero-order valence-corrected chi connectivity index (χ0v) is 15.5. The molecule has 5 nitrogen and oxygen atoms in total. The van der Waals surface area contributed by atoms with E-state index in [9.17, 15) is 21.6 Å². The van der Waals surface area contributed by atoms with Crippen molar-refractivity contribution in [3.05, 3.63) is 64.3 Å². The Morgan fingerprint density at radius 3 is 2.11 bits per heavy atom. The molecular formula is C16H10Cl2F3N3O2S. The SMILES string of the molecule is NS(=O)(=O)c1ccc(-c2cc(C(F)(F)F)n(-c3ccc(Cl)c(Cl)c3)n2)cc1. The number of benzene rings is 2. The summed E-state index contributed by atoms with van der Waals surface area (Å²) in [4.78, 5) is -0.161. The molecule has 3 rings (SSSR count). The second kappa shape index (κ2) is 6.83. The van der Waals surface area contributed by atoms with Crippen molar-refractivity contribution in [1.82, 2.24) is 9.78 Å². The lowest BCUT2D eigenvalue weighted by molar-refractivity contribution is -0.142. The summed E-state index contributed by atoms with van der Waals surface area (Å²) < 4.78 is 63.6. The van der Waals surface area contributed by atoms with E-state index in [1.165, 1.54) is 42.5 Å². The quantitative estimate of drug-likeness (QED) is 0.656. The number of nitrogens with zero attached hydrogens (tertiary/aromatic N) is 2. The summed E-state index contributed by atoms with van der Waals surface area (Å²) in [6, 6.07) is 9.86. The Balaban J connectivity index is 2.13. The number of hydrogen-bond acceptors (Lipinski definition) is 3. The molecule has 0 saturated heterocycles. The zero-order chi connectivity index (χ0) is 20.0. The Morgan fingerprint density at radius 2 is 1.59 bits per heavy atom. The van der Waals surface area contributed by atoms with E-state index in [2.05, 4.69) is 5.10 Å². The minimum atomic E-state index is -4.68. The van der Waals surface area contributed by atoms with Crippen LogP contribution in [0.5, 0.6) is 0 Å². The van der Waals surface area contributed by atoms with Crippen molar-refractivity contribution in [1.29, 1.82) is 0 Å². The van der Waals surface area contributed by atoms with Gasteiger partial charge in [-0.3, -0.25) is 0 Å². The first-order chi connectivity index (χ1) is 12.5. The predicted molar refractivity (Wildman–Crippen MR) is 95.4 cm³/mol. The molecule has 2 N–H and O–H groups in total. The van der Waals surface area contributed by atoms with Crippen molar-refractivity contribution in [2.75, 3.05) is 0 Å². The molecule has 0 amide bonds. The Labute approximate surface area is 162 Å². The lowest BCUT2D eigenvalue weighted by Gasteiger charge is -2.10. The van der Waals surface area contributed by atoms with Gasteiger partial charge in [-0.2, -0.15) is 18.3 Å². The van der Waals surface area contributed by atoms with Gasteiger partial charge in [0.2, 0.25) is 10.0 Å². The molecule has 0 saturated carbocycles. The highest BCUT2D eigenvalue weighted by Gasteiger charge is 2.36. The summed E-state index contributed by atoms with van der Waals surface area (Å²) >= 11 is 11.7. The van der Waals surface area contributed by atoms with Crippen LogP contribution >= 0.6 is 23.2 Å². The van der Waals surface area contributed by atoms with Crippen LogP contribution in [0.4, 0.5) is 13.2 Å². The first kappa shape index (κ1) is 19.7. The van der Waals surface area contributed by atoms with Crippen LogP contribution < -0.4 is 5.14 Å². The third kappa shape index (κ3) is 4.11. The highest BCUT2D eigenvalue weighted by Crippen LogP contribution is 2.35. The van der Waals surface area contributed by atoms with Crippen molar-refractivity contribution >= 4 is 33.2 Å². The minimum absolute atomic E-state index is 0.00522. The van der Waals surface area contributed by atoms with Gasteiger partial charge in [0.1, 0.15) is 5.69 Å². The highest BCUT2D eigenvalue weighted by atomic mass is 35.5. The van der Waals surface area contributed by atoms with Crippen LogP contribution in [0.3, 0.4) is 0 Å². The summed E-state index contributed by atoms with van der Waals surface area (Å²) in [5.41, 5.74) is -0.670. The van der Waals surface area contributed by atoms with E-state index in [0.717, 1.165) is 6.07 Å². The third-order valence-electron chi connectivity index (χ3n) is 3.63. The van der Waals surface area contributed by atoms with Gasteiger partial charge >= 0.3 is 6.18 Å². The van der Waals surface area contributed by atoms with Gasteiger partial charge in [0.25, 0.3) is 0 Å². The van der Waals surface area contributed by atoms with E-state index in [0.29, 0.717) is 4.68 Å². The summed E-state index contributed by atoms with van der Waals surface area (Å²) in [6.07, 6.45) is -4.68. The van der Waals surface area contributed by atoms with Crippen LogP contribution in [0.2, 0.25) is 10.0 Å². The number of alkyl halides is 3. The minimum Gasteiger partial charge on any atom is -0.228 e. The van der Waals surface area contributed by atoms with Gasteiger partial charge in [0.05, 0.1) is 26.3 Å². The lowest BCUT2D eigenvalue weighted by Crippen LogP contribution is -2.13. The summed E-state index contributed by atoms with van der Waals surface area (Å²) in [6.45, 7) is 0. The molecule has 1 heterocycles. The molecule has 0 bridgehead atoms. The van der Waals surface area contributed by atoms with E-state index in [-0.39, 0.29) is 31.9 Å². The first-order valence-electron chi connectivity index (χ1n) is 7.23. The lowest BCUT2D eigenvalue weighted by atomic mass is 10.1. The molecular weight excluding hydrogens is 426 g/mol. The fourth-order valence-electron chi connectivity index (χ4n) is 2.35. The number of aromatic nitrogens is 2. The number of primary sulfonamides is 1.